The maximum absolute atomic E-state index is 11.6. The molecule has 0 bridgehead atoms. The average molecular weight is 404 g/mol. The van der Waals surface area contributed by atoms with Gasteiger partial charge in [-0.1, -0.05) is 51.8 Å². The van der Waals surface area contributed by atoms with E-state index in [0.29, 0.717) is 16.6 Å². The maximum atomic E-state index is 11.6. The normalized spacial score (nSPS) is 24.2. The lowest BCUT2D eigenvalue weighted by atomic mass is 9.76. The lowest BCUT2D eigenvalue weighted by molar-refractivity contribution is -0.254. The number of aromatic carboxylic acids is 1. The number of carboxylic acid groups (broad SMARTS) is 1. The van der Waals surface area contributed by atoms with Crippen molar-refractivity contribution >= 4 is 39.2 Å². The van der Waals surface area contributed by atoms with Gasteiger partial charge in [0, 0.05) is 26.7 Å². The molecule has 1 aliphatic carbocycles. The quantitative estimate of drug-likeness (QED) is 0.761. The van der Waals surface area contributed by atoms with Gasteiger partial charge in [0.2, 0.25) is 0 Å². The molecule has 122 valence electrons. The lowest BCUT2D eigenvalue weighted by Crippen LogP contribution is -2.32. The number of benzene rings is 2. The second kappa shape index (κ2) is 5.94. The van der Waals surface area contributed by atoms with Crippen LogP contribution < -0.4 is 10.4 Å². The molecule has 4 rings (SSSR count). The molecule has 0 saturated heterocycles. The smallest absolute Gasteiger partial charge is 0.0736 e. The number of anilines is 1. The van der Waals surface area contributed by atoms with E-state index in [4.69, 9.17) is 11.6 Å². The third kappa shape index (κ3) is 2.54. The zero-order valence-corrected chi connectivity index (χ0v) is 15.0. The van der Waals surface area contributed by atoms with Gasteiger partial charge in [0.1, 0.15) is 0 Å². The number of hydrogen-bond donors (Lipinski definition) is 1. The molecule has 2 aromatic carbocycles. The molecule has 1 aliphatic heterocycles. The SMILES string of the molecule is O=C([O-])c1cc(Br)cc2c1N[C@H](c1ccc(Cl)cc1)[C@@H]1CC=C[C@H]21. The maximum Gasteiger partial charge on any atom is 0.0736 e. The molecule has 0 unspecified atom stereocenters. The molecule has 0 amide bonds. The van der Waals surface area contributed by atoms with Crippen molar-refractivity contribution in [3.63, 3.8) is 0 Å². The third-order valence-electron chi connectivity index (χ3n) is 4.88. The fraction of sp³-hybridized carbons (Fsp3) is 0.211. The van der Waals surface area contributed by atoms with Gasteiger partial charge in [-0.05, 0) is 47.7 Å². The zero-order chi connectivity index (χ0) is 16.8. The highest BCUT2D eigenvalue weighted by molar-refractivity contribution is 9.10. The fourth-order valence-electron chi connectivity index (χ4n) is 3.83. The van der Waals surface area contributed by atoms with E-state index < -0.39 is 5.97 Å². The van der Waals surface area contributed by atoms with Gasteiger partial charge in [-0.25, -0.2) is 0 Å². The molecule has 2 aliphatic rings. The van der Waals surface area contributed by atoms with E-state index in [9.17, 15) is 9.90 Å². The van der Waals surface area contributed by atoms with Gasteiger partial charge in [-0.2, -0.15) is 0 Å². The Morgan fingerprint density at radius 3 is 2.71 bits per heavy atom. The van der Waals surface area contributed by atoms with Crippen LogP contribution in [0.1, 0.15) is 39.9 Å². The molecule has 5 heteroatoms. The Labute approximate surface area is 153 Å². The van der Waals surface area contributed by atoms with Crippen LogP contribution in [0.15, 0.2) is 53.0 Å². The Morgan fingerprint density at radius 1 is 1.25 bits per heavy atom. The number of carbonyl (C=O) groups excluding carboxylic acids is 1. The molecule has 0 saturated carbocycles. The Balaban J connectivity index is 1.86. The molecule has 2 aromatic rings. The number of rotatable bonds is 2. The van der Waals surface area contributed by atoms with Crippen LogP contribution in [0.25, 0.3) is 0 Å². The summed E-state index contributed by atoms with van der Waals surface area (Å²) in [5.74, 6) is -0.629. The molecular formula is C19H14BrClNO2-. The third-order valence-corrected chi connectivity index (χ3v) is 5.59. The van der Waals surface area contributed by atoms with Gasteiger partial charge < -0.3 is 15.2 Å². The van der Waals surface area contributed by atoms with Crippen LogP contribution in [0.3, 0.4) is 0 Å². The van der Waals surface area contributed by atoms with E-state index in [1.165, 1.54) is 0 Å². The number of halogens is 2. The molecular weight excluding hydrogens is 390 g/mol. The van der Waals surface area contributed by atoms with E-state index in [-0.39, 0.29) is 17.5 Å². The van der Waals surface area contributed by atoms with Gasteiger partial charge in [0.15, 0.2) is 0 Å². The van der Waals surface area contributed by atoms with E-state index in [1.54, 1.807) is 6.07 Å². The largest absolute Gasteiger partial charge is 0.545 e. The summed E-state index contributed by atoms with van der Waals surface area (Å²) >= 11 is 9.42. The van der Waals surface area contributed by atoms with Gasteiger partial charge in [-0.15, -0.1) is 0 Å². The van der Waals surface area contributed by atoms with Gasteiger partial charge in [0.05, 0.1) is 12.0 Å². The van der Waals surface area contributed by atoms with Crippen molar-refractivity contribution in [2.24, 2.45) is 5.92 Å². The summed E-state index contributed by atoms with van der Waals surface area (Å²) < 4.78 is 0.756. The summed E-state index contributed by atoms with van der Waals surface area (Å²) in [7, 11) is 0. The molecule has 0 fully saturated rings. The molecule has 3 atom stereocenters. The number of nitrogens with one attached hydrogen (secondary N) is 1. The first-order chi connectivity index (χ1) is 11.5. The highest BCUT2D eigenvalue weighted by Gasteiger charge is 2.38. The summed E-state index contributed by atoms with van der Waals surface area (Å²) in [6, 6.07) is 11.4. The van der Waals surface area contributed by atoms with Crippen molar-refractivity contribution in [2.75, 3.05) is 5.32 Å². The monoisotopic (exact) mass is 402 g/mol. The van der Waals surface area contributed by atoms with Crippen molar-refractivity contribution in [3.05, 3.63) is 74.7 Å². The predicted molar refractivity (Wildman–Crippen MR) is 96.3 cm³/mol. The highest BCUT2D eigenvalue weighted by atomic mass is 79.9. The van der Waals surface area contributed by atoms with Crippen molar-refractivity contribution < 1.29 is 9.90 Å². The number of carboxylic acids is 1. The minimum atomic E-state index is -1.17. The molecule has 1 heterocycles. The van der Waals surface area contributed by atoms with Crippen molar-refractivity contribution in [1.82, 2.24) is 0 Å². The van der Waals surface area contributed by atoms with Crippen LogP contribution in [0, 0.1) is 5.92 Å². The second-order valence-electron chi connectivity index (χ2n) is 6.23. The van der Waals surface area contributed by atoms with Gasteiger partial charge >= 0.3 is 0 Å². The first-order valence-corrected chi connectivity index (χ1v) is 8.95. The number of carbonyl (C=O) groups is 1. The summed E-state index contributed by atoms with van der Waals surface area (Å²) in [4.78, 5) is 11.6. The summed E-state index contributed by atoms with van der Waals surface area (Å²) in [5.41, 5.74) is 2.96. The Hall–Kier alpha value is -1.78. The molecule has 3 nitrogen and oxygen atoms in total. The number of fused-ring (bicyclic) bond motifs is 3. The summed E-state index contributed by atoms with van der Waals surface area (Å²) in [6.07, 6.45) is 5.31. The van der Waals surface area contributed by atoms with E-state index >= 15 is 0 Å². The van der Waals surface area contributed by atoms with Crippen molar-refractivity contribution in [1.29, 1.82) is 0 Å². The van der Waals surface area contributed by atoms with Crippen molar-refractivity contribution in [3.8, 4) is 0 Å². The Bertz CT molecular complexity index is 847. The molecule has 1 N–H and O–H groups in total. The van der Waals surface area contributed by atoms with Crippen LogP contribution in [0.4, 0.5) is 5.69 Å². The van der Waals surface area contributed by atoms with Crippen LogP contribution in [0.5, 0.6) is 0 Å². The van der Waals surface area contributed by atoms with Gasteiger partial charge in [-0.3, -0.25) is 0 Å². The molecule has 0 spiro atoms. The molecule has 0 aromatic heterocycles. The highest BCUT2D eigenvalue weighted by Crippen LogP contribution is 2.51. The summed E-state index contributed by atoms with van der Waals surface area (Å²) in [6.45, 7) is 0. The van der Waals surface area contributed by atoms with Crippen LogP contribution in [-0.4, -0.2) is 5.97 Å². The van der Waals surface area contributed by atoms with E-state index in [0.717, 1.165) is 22.0 Å². The van der Waals surface area contributed by atoms with E-state index in [2.05, 4.69) is 33.4 Å². The minimum Gasteiger partial charge on any atom is -0.545 e. The van der Waals surface area contributed by atoms with Gasteiger partial charge in [0.25, 0.3) is 0 Å². The first-order valence-electron chi connectivity index (χ1n) is 7.78. The van der Waals surface area contributed by atoms with Crippen LogP contribution in [-0.2, 0) is 0 Å². The average Bonchev–Trinajstić information content (AvgIpc) is 3.04. The predicted octanol–water partition coefficient (Wildman–Crippen LogP) is 4.29. The van der Waals surface area contributed by atoms with Crippen molar-refractivity contribution in [2.45, 2.75) is 18.4 Å². The number of hydrogen-bond acceptors (Lipinski definition) is 3. The molecule has 24 heavy (non-hydrogen) atoms. The zero-order valence-electron chi connectivity index (χ0n) is 12.6. The van der Waals surface area contributed by atoms with Crippen LogP contribution in [0.2, 0.25) is 5.02 Å². The first kappa shape index (κ1) is 15.7. The minimum absolute atomic E-state index is 0.0362. The summed E-state index contributed by atoms with van der Waals surface area (Å²) in [5, 5.41) is 15.7. The Morgan fingerprint density at radius 2 is 2.00 bits per heavy atom. The molecule has 0 radical (unpaired) electrons. The second-order valence-corrected chi connectivity index (χ2v) is 7.58. The topological polar surface area (TPSA) is 52.2 Å². The standard InChI is InChI=1S/C19H15BrClNO2/c20-11-8-15-13-2-1-3-14(13)17(10-4-6-12(21)7-5-10)22-18(15)16(9-11)19(23)24/h1-2,4-9,13-14,17,22H,3H2,(H,23,24)/p-1/t13-,14+,17+/m0/s1. The lowest BCUT2D eigenvalue weighted by Gasteiger charge is -2.39. The van der Waals surface area contributed by atoms with E-state index in [1.807, 2.05) is 30.3 Å². The van der Waals surface area contributed by atoms with Crippen LogP contribution >= 0.6 is 27.5 Å². The number of allylic oxidation sites excluding steroid dienone is 2. The fourth-order valence-corrected chi connectivity index (χ4v) is 4.43. The Kier molecular flexibility index (Phi) is 3.89.